The van der Waals surface area contributed by atoms with Crippen LogP contribution in [0.5, 0.6) is 0 Å². The molecule has 0 radical (unpaired) electrons. The fraction of sp³-hybridized carbons (Fsp3) is 0.571. The van der Waals surface area contributed by atoms with Gasteiger partial charge in [-0.2, -0.15) is 0 Å². The maximum atomic E-state index is 14.3. The van der Waals surface area contributed by atoms with Crippen LogP contribution in [0, 0.1) is 5.82 Å². The van der Waals surface area contributed by atoms with Gasteiger partial charge in [-0.3, -0.25) is 0 Å². The summed E-state index contributed by atoms with van der Waals surface area (Å²) < 4.78 is 14.3. The van der Waals surface area contributed by atoms with Gasteiger partial charge >= 0.3 is 0 Å². The van der Waals surface area contributed by atoms with Crippen LogP contribution in [0.25, 0.3) is 0 Å². The first-order valence-corrected chi connectivity index (χ1v) is 5.96. The van der Waals surface area contributed by atoms with Crippen molar-refractivity contribution < 1.29 is 9.50 Å². The van der Waals surface area contributed by atoms with Gasteiger partial charge in [0.2, 0.25) is 0 Å². The molecular weight excluding hydrogens is 203 g/mol. The van der Waals surface area contributed by atoms with Crippen LogP contribution in [-0.2, 0) is 5.41 Å². The second kappa shape index (κ2) is 3.85. The molecule has 1 aromatic rings. The van der Waals surface area contributed by atoms with E-state index in [4.69, 9.17) is 0 Å². The van der Waals surface area contributed by atoms with E-state index in [-0.39, 0.29) is 17.2 Å². The van der Waals surface area contributed by atoms with Crippen LogP contribution in [0.4, 0.5) is 4.39 Å². The third kappa shape index (κ3) is 1.65. The highest BCUT2D eigenvalue weighted by atomic mass is 19.1. The Bertz CT molecular complexity index is 392. The van der Waals surface area contributed by atoms with Crippen LogP contribution in [-0.4, -0.2) is 11.2 Å². The second-order valence-corrected chi connectivity index (χ2v) is 5.20. The minimum Gasteiger partial charge on any atom is -0.392 e. The fourth-order valence-corrected chi connectivity index (χ4v) is 2.43. The molecule has 1 nitrogen and oxygen atoms in total. The Hall–Kier alpha value is -0.890. The van der Waals surface area contributed by atoms with Crippen molar-refractivity contribution in [2.45, 2.75) is 51.0 Å². The molecule has 0 saturated heterocycles. The average molecular weight is 222 g/mol. The van der Waals surface area contributed by atoms with Gasteiger partial charge in [0.05, 0.1) is 6.10 Å². The van der Waals surface area contributed by atoms with Crippen LogP contribution >= 0.6 is 0 Å². The Labute approximate surface area is 96.3 Å². The zero-order valence-corrected chi connectivity index (χ0v) is 10.1. The molecule has 16 heavy (non-hydrogen) atoms. The van der Waals surface area contributed by atoms with Crippen molar-refractivity contribution in [3.8, 4) is 0 Å². The van der Waals surface area contributed by atoms with E-state index in [0.29, 0.717) is 5.56 Å². The lowest BCUT2D eigenvalue weighted by Gasteiger charge is -2.21. The van der Waals surface area contributed by atoms with Crippen molar-refractivity contribution in [1.82, 2.24) is 0 Å². The van der Waals surface area contributed by atoms with E-state index in [1.165, 1.54) is 0 Å². The zero-order chi connectivity index (χ0) is 11.9. The normalized spacial score (nSPS) is 19.9. The van der Waals surface area contributed by atoms with Crippen molar-refractivity contribution in [3.05, 3.63) is 35.1 Å². The predicted octanol–water partition coefficient (Wildman–Crippen LogP) is 3.36. The van der Waals surface area contributed by atoms with Gasteiger partial charge < -0.3 is 5.11 Å². The van der Waals surface area contributed by atoms with Gasteiger partial charge in [0, 0.05) is 5.41 Å². The molecule has 1 fully saturated rings. The largest absolute Gasteiger partial charge is 0.392 e. The third-order valence-electron chi connectivity index (χ3n) is 3.78. The average Bonchev–Trinajstić information content (AvgIpc) is 2.98. The van der Waals surface area contributed by atoms with Crippen LogP contribution < -0.4 is 0 Å². The topological polar surface area (TPSA) is 20.2 Å². The highest BCUT2D eigenvalue weighted by Crippen LogP contribution is 2.52. The summed E-state index contributed by atoms with van der Waals surface area (Å²) >= 11 is 0. The van der Waals surface area contributed by atoms with Gasteiger partial charge in [-0.1, -0.05) is 32.0 Å². The number of aliphatic hydroxyl groups excluding tert-OH is 1. The van der Waals surface area contributed by atoms with Gasteiger partial charge in [-0.25, -0.2) is 4.39 Å². The fourth-order valence-electron chi connectivity index (χ4n) is 2.43. The molecule has 0 aliphatic heterocycles. The summed E-state index contributed by atoms with van der Waals surface area (Å²) in [5.41, 5.74) is 1.15. The summed E-state index contributed by atoms with van der Waals surface area (Å²) in [5.74, 6) is 0.0700. The number of benzene rings is 1. The Morgan fingerprint density at radius 2 is 1.88 bits per heavy atom. The molecule has 1 aliphatic carbocycles. The molecule has 0 aromatic heterocycles. The molecule has 1 aliphatic rings. The smallest absolute Gasteiger partial charge is 0.130 e. The molecule has 88 valence electrons. The standard InChI is InChI=1S/C14H19FO/c1-9(2)11-5-4-6-12(13(11)15)14(7-8-14)10(3)16/h4-6,9-10,16H,7-8H2,1-3H3. The summed E-state index contributed by atoms with van der Waals surface area (Å²) in [6.07, 6.45) is 1.32. The molecule has 0 spiro atoms. The molecule has 0 heterocycles. The summed E-state index contributed by atoms with van der Waals surface area (Å²) in [4.78, 5) is 0. The molecule has 2 heteroatoms. The van der Waals surface area contributed by atoms with E-state index < -0.39 is 6.10 Å². The zero-order valence-electron chi connectivity index (χ0n) is 10.1. The maximum absolute atomic E-state index is 14.3. The van der Waals surface area contributed by atoms with E-state index in [0.717, 1.165) is 18.4 Å². The summed E-state index contributed by atoms with van der Waals surface area (Å²) in [6, 6.07) is 5.55. The molecule has 2 rings (SSSR count). The van der Waals surface area contributed by atoms with E-state index in [9.17, 15) is 9.50 Å². The molecule has 1 N–H and O–H groups in total. The Morgan fingerprint density at radius 3 is 2.31 bits per heavy atom. The quantitative estimate of drug-likeness (QED) is 0.831. The number of hydrogen-bond acceptors (Lipinski definition) is 1. The van der Waals surface area contributed by atoms with Crippen molar-refractivity contribution >= 4 is 0 Å². The second-order valence-electron chi connectivity index (χ2n) is 5.20. The molecule has 1 saturated carbocycles. The Kier molecular flexibility index (Phi) is 2.79. The molecule has 0 bridgehead atoms. The van der Waals surface area contributed by atoms with E-state index in [2.05, 4.69) is 0 Å². The minimum absolute atomic E-state index is 0.115. The lowest BCUT2D eigenvalue weighted by atomic mass is 9.87. The van der Waals surface area contributed by atoms with Gasteiger partial charge in [-0.05, 0) is 36.8 Å². The SMILES string of the molecule is CC(C)c1cccc(C2(C(C)O)CC2)c1F. The van der Waals surface area contributed by atoms with E-state index in [1.807, 2.05) is 32.0 Å². The lowest BCUT2D eigenvalue weighted by Crippen LogP contribution is -2.24. The molecular formula is C14H19FO. The van der Waals surface area contributed by atoms with Crippen LogP contribution in [0.15, 0.2) is 18.2 Å². The molecule has 0 amide bonds. The van der Waals surface area contributed by atoms with E-state index >= 15 is 0 Å². The molecule has 1 atom stereocenters. The van der Waals surface area contributed by atoms with Crippen molar-refractivity contribution in [3.63, 3.8) is 0 Å². The molecule has 1 unspecified atom stereocenters. The maximum Gasteiger partial charge on any atom is 0.130 e. The number of rotatable bonds is 3. The van der Waals surface area contributed by atoms with E-state index in [1.54, 1.807) is 6.92 Å². The summed E-state index contributed by atoms with van der Waals surface area (Å²) in [7, 11) is 0. The minimum atomic E-state index is -0.468. The van der Waals surface area contributed by atoms with Crippen LogP contribution in [0.3, 0.4) is 0 Å². The predicted molar refractivity (Wildman–Crippen MR) is 63.1 cm³/mol. The third-order valence-corrected chi connectivity index (χ3v) is 3.78. The number of hydrogen-bond donors (Lipinski definition) is 1. The van der Waals surface area contributed by atoms with Crippen LogP contribution in [0.1, 0.15) is 50.7 Å². The van der Waals surface area contributed by atoms with Crippen molar-refractivity contribution in [2.75, 3.05) is 0 Å². The highest BCUT2D eigenvalue weighted by molar-refractivity contribution is 5.38. The highest BCUT2D eigenvalue weighted by Gasteiger charge is 2.50. The first kappa shape index (κ1) is 11.6. The number of aliphatic hydroxyl groups is 1. The summed E-state index contributed by atoms with van der Waals surface area (Å²) in [6.45, 7) is 5.74. The van der Waals surface area contributed by atoms with Crippen molar-refractivity contribution in [2.24, 2.45) is 0 Å². The van der Waals surface area contributed by atoms with Gasteiger partial charge in [0.1, 0.15) is 5.82 Å². The Morgan fingerprint density at radius 1 is 1.25 bits per heavy atom. The molecule has 1 aromatic carbocycles. The first-order valence-electron chi connectivity index (χ1n) is 5.96. The Balaban J connectivity index is 2.47. The monoisotopic (exact) mass is 222 g/mol. The van der Waals surface area contributed by atoms with Crippen molar-refractivity contribution in [1.29, 1.82) is 0 Å². The van der Waals surface area contributed by atoms with Gasteiger partial charge in [-0.15, -0.1) is 0 Å². The first-order chi connectivity index (χ1) is 7.49. The van der Waals surface area contributed by atoms with Gasteiger partial charge in [0.25, 0.3) is 0 Å². The van der Waals surface area contributed by atoms with Gasteiger partial charge in [0.15, 0.2) is 0 Å². The van der Waals surface area contributed by atoms with Crippen LogP contribution in [0.2, 0.25) is 0 Å². The lowest BCUT2D eigenvalue weighted by molar-refractivity contribution is 0.148. The number of halogens is 1. The summed E-state index contributed by atoms with van der Waals surface area (Å²) in [5, 5.41) is 9.78.